The summed E-state index contributed by atoms with van der Waals surface area (Å²) in [6.07, 6.45) is 1.56. The Morgan fingerprint density at radius 1 is 1.14 bits per heavy atom. The molecule has 6 nitrogen and oxygen atoms in total. The predicted molar refractivity (Wildman–Crippen MR) is 106 cm³/mol. The van der Waals surface area contributed by atoms with Crippen LogP contribution in [-0.2, 0) is 27.4 Å². The first-order chi connectivity index (χ1) is 13.8. The highest BCUT2D eigenvalue weighted by atomic mass is 19.1. The van der Waals surface area contributed by atoms with Crippen LogP contribution in [-0.4, -0.2) is 43.0 Å². The summed E-state index contributed by atoms with van der Waals surface area (Å²) in [4.78, 5) is 27.7. The minimum absolute atomic E-state index is 0.114. The lowest BCUT2D eigenvalue weighted by Crippen LogP contribution is -3.18. The van der Waals surface area contributed by atoms with Gasteiger partial charge in [0, 0.05) is 12.5 Å². The number of esters is 1. The molecule has 0 fully saturated rings. The summed E-state index contributed by atoms with van der Waals surface area (Å²) in [5.41, 5.74) is 0.817. The Morgan fingerprint density at radius 3 is 2.38 bits per heavy atom. The van der Waals surface area contributed by atoms with Gasteiger partial charge in [0.2, 0.25) is 0 Å². The number of carbonyl (C=O) groups is 2. The highest BCUT2D eigenvalue weighted by Gasteiger charge is 2.30. The van der Waals surface area contributed by atoms with Gasteiger partial charge in [0.25, 0.3) is 5.91 Å². The first kappa shape index (κ1) is 22.6. The molecule has 2 atom stereocenters. The number of benzene rings is 1. The molecule has 1 aromatic heterocycles. The Morgan fingerprint density at radius 2 is 1.83 bits per heavy atom. The molecule has 0 aliphatic rings. The Kier molecular flexibility index (Phi) is 8.39. The summed E-state index contributed by atoms with van der Waals surface area (Å²) in [6.45, 7) is 7.30. The Labute approximate surface area is 171 Å². The van der Waals surface area contributed by atoms with Gasteiger partial charge in [-0.05, 0) is 36.8 Å². The first-order valence-corrected chi connectivity index (χ1v) is 9.77. The standard InChI is InChI=1S/C22H29FN2O4/c1-16(2)12-24(17(3)22(27)28-4)15-21(26)25(14-20-6-5-11-29-20)13-18-7-9-19(23)10-8-18/h5-11,16-17H,12-15H2,1-4H3/p+1/t17-/m0/s1. The molecular formula is C22H30FN2O4+. The molecule has 0 saturated heterocycles. The molecule has 158 valence electrons. The van der Waals surface area contributed by atoms with Gasteiger partial charge in [0.15, 0.2) is 12.6 Å². The lowest BCUT2D eigenvalue weighted by Gasteiger charge is -2.28. The van der Waals surface area contributed by atoms with E-state index in [4.69, 9.17) is 9.15 Å². The fourth-order valence-electron chi connectivity index (χ4n) is 3.21. The van der Waals surface area contributed by atoms with Crippen molar-refractivity contribution in [3.8, 4) is 0 Å². The third kappa shape index (κ3) is 7.02. The van der Waals surface area contributed by atoms with Gasteiger partial charge in [-0.25, -0.2) is 9.18 Å². The zero-order chi connectivity index (χ0) is 21.4. The van der Waals surface area contributed by atoms with E-state index in [1.165, 1.54) is 19.2 Å². The fourth-order valence-corrected chi connectivity index (χ4v) is 3.21. The van der Waals surface area contributed by atoms with Gasteiger partial charge < -0.3 is 19.0 Å². The highest BCUT2D eigenvalue weighted by Crippen LogP contribution is 2.11. The number of ether oxygens (including phenoxy) is 1. The number of halogens is 1. The van der Waals surface area contributed by atoms with E-state index in [2.05, 4.69) is 0 Å². The average molecular weight is 405 g/mol. The van der Waals surface area contributed by atoms with E-state index in [1.807, 2.05) is 13.8 Å². The van der Waals surface area contributed by atoms with Crippen LogP contribution >= 0.6 is 0 Å². The number of quaternary nitrogens is 1. The number of rotatable bonds is 10. The zero-order valence-electron chi connectivity index (χ0n) is 17.5. The smallest absolute Gasteiger partial charge is 0.364 e. The van der Waals surface area contributed by atoms with Gasteiger partial charge in [0.05, 0.1) is 26.5 Å². The zero-order valence-corrected chi connectivity index (χ0v) is 17.5. The van der Waals surface area contributed by atoms with Gasteiger partial charge >= 0.3 is 5.97 Å². The summed E-state index contributed by atoms with van der Waals surface area (Å²) in [5.74, 6) is 0.186. The van der Waals surface area contributed by atoms with Crippen LogP contribution in [0.25, 0.3) is 0 Å². The molecule has 0 spiro atoms. The topological polar surface area (TPSA) is 64.2 Å². The second-order valence-electron chi connectivity index (χ2n) is 7.63. The molecule has 2 rings (SSSR count). The summed E-state index contributed by atoms with van der Waals surface area (Å²) >= 11 is 0. The van der Waals surface area contributed by atoms with Crippen LogP contribution in [0.2, 0.25) is 0 Å². The maximum Gasteiger partial charge on any atom is 0.364 e. The van der Waals surface area contributed by atoms with E-state index in [0.29, 0.717) is 31.3 Å². The van der Waals surface area contributed by atoms with Crippen molar-refractivity contribution in [3.63, 3.8) is 0 Å². The molecule has 1 aromatic carbocycles. The lowest BCUT2D eigenvalue weighted by atomic mass is 10.1. The molecule has 2 aromatic rings. The Hall–Kier alpha value is -2.67. The molecule has 0 aliphatic heterocycles. The maximum atomic E-state index is 13.2. The van der Waals surface area contributed by atoms with Crippen LogP contribution in [0.4, 0.5) is 4.39 Å². The van der Waals surface area contributed by atoms with Crippen molar-refractivity contribution in [2.45, 2.75) is 39.9 Å². The number of furan rings is 1. The number of methoxy groups -OCH3 is 1. The number of hydrogen-bond donors (Lipinski definition) is 1. The highest BCUT2D eigenvalue weighted by molar-refractivity contribution is 5.78. The Bertz CT molecular complexity index is 775. The average Bonchev–Trinajstić information content (AvgIpc) is 3.20. The molecule has 1 N–H and O–H groups in total. The molecular weight excluding hydrogens is 375 g/mol. The van der Waals surface area contributed by atoms with Crippen LogP contribution in [0.15, 0.2) is 47.1 Å². The van der Waals surface area contributed by atoms with Gasteiger partial charge in [0.1, 0.15) is 11.6 Å². The predicted octanol–water partition coefficient (Wildman–Crippen LogP) is 2.05. The number of hydrogen-bond acceptors (Lipinski definition) is 4. The summed E-state index contributed by atoms with van der Waals surface area (Å²) in [6, 6.07) is 9.19. The minimum atomic E-state index is -0.456. The van der Waals surface area contributed by atoms with Crippen LogP contribution in [0, 0.1) is 11.7 Å². The number of nitrogens with one attached hydrogen (secondary N) is 1. The van der Waals surface area contributed by atoms with Crippen molar-refractivity contribution in [2.75, 3.05) is 20.2 Å². The van der Waals surface area contributed by atoms with E-state index in [-0.39, 0.29) is 24.2 Å². The van der Waals surface area contributed by atoms with Crippen LogP contribution in [0.3, 0.4) is 0 Å². The molecule has 0 bridgehead atoms. The molecule has 1 unspecified atom stereocenters. The van der Waals surface area contributed by atoms with Crippen LogP contribution in [0.1, 0.15) is 32.1 Å². The first-order valence-electron chi connectivity index (χ1n) is 9.77. The van der Waals surface area contributed by atoms with Gasteiger partial charge in [-0.1, -0.05) is 26.0 Å². The van der Waals surface area contributed by atoms with Gasteiger partial charge in [-0.3, -0.25) is 4.79 Å². The maximum absolute atomic E-state index is 13.2. The third-order valence-corrected chi connectivity index (χ3v) is 4.78. The van der Waals surface area contributed by atoms with Crippen molar-refractivity contribution in [3.05, 3.63) is 59.8 Å². The number of carbonyl (C=O) groups excluding carboxylic acids is 2. The minimum Gasteiger partial charge on any atom is -0.467 e. The van der Waals surface area contributed by atoms with Crippen LogP contribution < -0.4 is 4.90 Å². The van der Waals surface area contributed by atoms with Crippen molar-refractivity contribution in [2.24, 2.45) is 5.92 Å². The van der Waals surface area contributed by atoms with E-state index in [0.717, 1.165) is 10.5 Å². The Balaban J connectivity index is 2.18. The molecule has 29 heavy (non-hydrogen) atoms. The monoisotopic (exact) mass is 405 g/mol. The molecule has 0 radical (unpaired) electrons. The number of nitrogens with zero attached hydrogens (tertiary/aromatic N) is 1. The SMILES string of the molecule is COC(=O)[C@H](C)[NH+](CC(=O)N(Cc1ccc(F)cc1)Cc1ccco1)CC(C)C. The van der Waals surface area contributed by atoms with E-state index in [9.17, 15) is 14.0 Å². The summed E-state index contributed by atoms with van der Waals surface area (Å²) < 4.78 is 23.5. The van der Waals surface area contributed by atoms with Crippen molar-refractivity contribution in [1.82, 2.24) is 4.90 Å². The fraction of sp³-hybridized carbons (Fsp3) is 0.455. The molecule has 0 saturated carbocycles. The van der Waals surface area contributed by atoms with Gasteiger partial charge in [-0.15, -0.1) is 0 Å². The molecule has 1 amide bonds. The van der Waals surface area contributed by atoms with Crippen molar-refractivity contribution in [1.29, 1.82) is 0 Å². The molecule has 1 heterocycles. The second kappa shape index (κ2) is 10.8. The molecule has 7 heteroatoms. The third-order valence-electron chi connectivity index (χ3n) is 4.78. The largest absolute Gasteiger partial charge is 0.467 e. The van der Waals surface area contributed by atoms with E-state index >= 15 is 0 Å². The number of amides is 1. The van der Waals surface area contributed by atoms with Crippen LogP contribution in [0.5, 0.6) is 0 Å². The summed E-state index contributed by atoms with van der Waals surface area (Å²) in [7, 11) is 1.35. The lowest BCUT2D eigenvalue weighted by molar-refractivity contribution is -0.910. The molecule has 0 aliphatic carbocycles. The van der Waals surface area contributed by atoms with Crippen molar-refractivity contribution < 1.29 is 28.0 Å². The van der Waals surface area contributed by atoms with Gasteiger partial charge in [-0.2, -0.15) is 0 Å². The van der Waals surface area contributed by atoms with Crippen molar-refractivity contribution >= 4 is 11.9 Å². The normalized spacial score (nSPS) is 13.2. The van der Waals surface area contributed by atoms with E-state index in [1.54, 1.807) is 42.4 Å². The second-order valence-corrected chi connectivity index (χ2v) is 7.63. The summed E-state index contributed by atoms with van der Waals surface area (Å²) in [5, 5.41) is 0. The quantitative estimate of drug-likeness (QED) is 0.615. The van der Waals surface area contributed by atoms with E-state index < -0.39 is 6.04 Å².